The van der Waals surface area contributed by atoms with Gasteiger partial charge in [-0.15, -0.1) is 11.8 Å². The van der Waals surface area contributed by atoms with Gasteiger partial charge in [-0.3, -0.25) is 9.59 Å². The molecular weight excluding hydrogens is 356 g/mol. The fourth-order valence-electron chi connectivity index (χ4n) is 2.42. The lowest BCUT2D eigenvalue weighted by molar-refractivity contribution is -0.130. The number of esters is 1. The number of nitrogens with one attached hydrogen (secondary N) is 1. The number of aromatic nitrogens is 2. The smallest absolute Gasteiger partial charge is 0.358 e. The maximum Gasteiger partial charge on any atom is 0.358 e. The van der Waals surface area contributed by atoms with Gasteiger partial charge in [0.05, 0.1) is 23.9 Å². The molecule has 1 aliphatic rings. The summed E-state index contributed by atoms with van der Waals surface area (Å²) in [6, 6.07) is 8.63. The molecule has 0 saturated carbocycles. The van der Waals surface area contributed by atoms with Crippen molar-refractivity contribution in [1.29, 1.82) is 0 Å². The van der Waals surface area contributed by atoms with E-state index in [4.69, 9.17) is 4.74 Å². The van der Waals surface area contributed by atoms with Crippen LogP contribution in [0.2, 0.25) is 0 Å². The van der Waals surface area contributed by atoms with Crippen molar-refractivity contribution in [3.05, 3.63) is 42.2 Å². The van der Waals surface area contributed by atoms with E-state index in [0.29, 0.717) is 23.0 Å². The van der Waals surface area contributed by atoms with Crippen molar-refractivity contribution in [2.45, 2.75) is 6.92 Å². The van der Waals surface area contributed by atoms with Gasteiger partial charge in [0.15, 0.2) is 5.69 Å². The van der Waals surface area contributed by atoms with Crippen molar-refractivity contribution in [2.75, 3.05) is 30.1 Å². The van der Waals surface area contributed by atoms with Crippen molar-refractivity contribution in [2.24, 2.45) is 0 Å². The molecule has 0 atom stereocenters. The Morgan fingerprint density at radius 3 is 2.92 bits per heavy atom. The maximum absolute atomic E-state index is 12.1. The molecule has 9 heteroatoms. The van der Waals surface area contributed by atoms with E-state index >= 15 is 0 Å². The summed E-state index contributed by atoms with van der Waals surface area (Å²) in [7, 11) is 0. The Kier molecular flexibility index (Phi) is 5.57. The van der Waals surface area contributed by atoms with E-state index in [9.17, 15) is 14.4 Å². The van der Waals surface area contributed by atoms with Gasteiger partial charge in [0, 0.05) is 11.9 Å². The minimum absolute atomic E-state index is 0.0260. The van der Waals surface area contributed by atoms with E-state index < -0.39 is 5.97 Å². The molecule has 26 heavy (non-hydrogen) atoms. The van der Waals surface area contributed by atoms with Crippen LogP contribution in [-0.2, 0) is 14.3 Å². The fourth-order valence-corrected chi connectivity index (χ4v) is 3.33. The average molecular weight is 374 g/mol. The molecule has 0 unspecified atom stereocenters. The topological polar surface area (TPSA) is 93.5 Å². The van der Waals surface area contributed by atoms with Gasteiger partial charge in [0.1, 0.15) is 6.54 Å². The second-order valence-electron chi connectivity index (χ2n) is 5.53. The average Bonchev–Trinajstić information content (AvgIpc) is 3.25. The van der Waals surface area contributed by atoms with Crippen LogP contribution in [0.15, 0.2) is 36.5 Å². The molecule has 2 heterocycles. The highest BCUT2D eigenvalue weighted by Crippen LogP contribution is 2.17. The van der Waals surface area contributed by atoms with Gasteiger partial charge in [-0.2, -0.15) is 5.10 Å². The predicted molar refractivity (Wildman–Crippen MR) is 97.2 cm³/mol. The monoisotopic (exact) mass is 374 g/mol. The Balaban J connectivity index is 1.67. The Bertz CT molecular complexity index is 836. The zero-order chi connectivity index (χ0) is 18.5. The molecule has 1 aromatic heterocycles. The first-order valence-corrected chi connectivity index (χ1v) is 9.21. The second-order valence-corrected chi connectivity index (χ2v) is 6.49. The molecule has 8 nitrogen and oxygen atoms in total. The molecule has 136 valence electrons. The van der Waals surface area contributed by atoms with E-state index in [1.165, 1.54) is 21.3 Å². The number of benzene rings is 1. The van der Waals surface area contributed by atoms with E-state index in [-0.39, 0.29) is 30.7 Å². The van der Waals surface area contributed by atoms with Crippen LogP contribution >= 0.6 is 11.8 Å². The number of rotatable bonds is 6. The number of hydrogen-bond acceptors (Lipinski definition) is 6. The molecule has 1 aromatic carbocycles. The van der Waals surface area contributed by atoms with Crippen LogP contribution in [0.5, 0.6) is 0 Å². The summed E-state index contributed by atoms with van der Waals surface area (Å²) < 4.78 is 6.45. The minimum atomic E-state index is -0.483. The van der Waals surface area contributed by atoms with Crippen LogP contribution in [0.25, 0.3) is 5.69 Å². The SMILES string of the molecule is CCOC(=O)c1ccn(-c2cccc(NC(=O)CN3CSCC3=O)c2)n1. The summed E-state index contributed by atoms with van der Waals surface area (Å²) in [5, 5.41) is 6.96. The number of carbonyl (C=O) groups excluding carboxylic acids is 3. The van der Waals surface area contributed by atoms with Gasteiger partial charge < -0.3 is 15.0 Å². The summed E-state index contributed by atoms with van der Waals surface area (Å²) >= 11 is 1.49. The minimum Gasteiger partial charge on any atom is -0.461 e. The summed E-state index contributed by atoms with van der Waals surface area (Å²) in [6.07, 6.45) is 1.65. The molecule has 0 radical (unpaired) electrons. The van der Waals surface area contributed by atoms with E-state index in [2.05, 4.69) is 10.4 Å². The highest BCUT2D eigenvalue weighted by molar-refractivity contribution is 8.00. The van der Waals surface area contributed by atoms with Crippen molar-refractivity contribution in [3.63, 3.8) is 0 Å². The quantitative estimate of drug-likeness (QED) is 0.771. The first kappa shape index (κ1) is 18.0. The van der Waals surface area contributed by atoms with Crippen LogP contribution in [0.4, 0.5) is 5.69 Å². The molecule has 2 aromatic rings. The van der Waals surface area contributed by atoms with E-state index in [1.54, 1.807) is 43.5 Å². The third-order valence-corrected chi connectivity index (χ3v) is 4.57. The summed E-state index contributed by atoms with van der Waals surface area (Å²) in [6.45, 7) is 2.05. The molecule has 0 spiro atoms. The zero-order valence-electron chi connectivity index (χ0n) is 14.2. The maximum atomic E-state index is 12.1. The van der Waals surface area contributed by atoms with Crippen molar-refractivity contribution in [1.82, 2.24) is 14.7 Å². The standard InChI is InChI=1S/C17H18N4O4S/c1-2-25-17(24)14-6-7-21(19-14)13-5-3-4-12(8-13)18-15(22)9-20-11-26-10-16(20)23/h3-8H,2,9-11H2,1H3,(H,18,22). The van der Waals surface area contributed by atoms with Crippen LogP contribution in [0, 0.1) is 0 Å². The number of hydrogen-bond donors (Lipinski definition) is 1. The predicted octanol–water partition coefficient (Wildman–Crippen LogP) is 1.52. The highest BCUT2D eigenvalue weighted by Gasteiger charge is 2.22. The van der Waals surface area contributed by atoms with Crippen molar-refractivity contribution in [3.8, 4) is 5.69 Å². The number of amides is 2. The van der Waals surface area contributed by atoms with E-state index in [0.717, 1.165) is 0 Å². The third kappa shape index (κ3) is 4.23. The lowest BCUT2D eigenvalue weighted by atomic mass is 10.2. The molecule has 2 amide bonds. The van der Waals surface area contributed by atoms with Gasteiger partial charge in [-0.1, -0.05) is 6.07 Å². The largest absolute Gasteiger partial charge is 0.461 e. The van der Waals surface area contributed by atoms with Crippen molar-refractivity contribution >= 4 is 35.2 Å². The molecule has 0 bridgehead atoms. The Labute approximate surface area is 154 Å². The van der Waals surface area contributed by atoms with Crippen LogP contribution in [-0.4, -0.2) is 57.2 Å². The van der Waals surface area contributed by atoms with Gasteiger partial charge in [-0.05, 0) is 31.2 Å². The Hall–Kier alpha value is -2.81. The summed E-state index contributed by atoms with van der Waals surface area (Å²) in [4.78, 5) is 36.9. The molecule has 1 saturated heterocycles. The highest BCUT2D eigenvalue weighted by atomic mass is 32.2. The Morgan fingerprint density at radius 2 is 2.19 bits per heavy atom. The number of ether oxygens (including phenoxy) is 1. The first-order valence-electron chi connectivity index (χ1n) is 8.05. The van der Waals surface area contributed by atoms with Gasteiger partial charge >= 0.3 is 5.97 Å². The fraction of sp³-hybridized carbons (Fsp3) is 0.294. The number of nitrogens with zero attached hydrogens (tertiary/aromatic N) is 3. The molecule has 1 aliphatic heterocycles. The first-order chi connectivity index (χ1) is 12.6. The number of anilines is 1. The third-order valence-electron chi connectivity index (χ3n) is 3.63. The summed E-state index contributed by atoms with van der Waals surface area (Å²) in [5.74, 6) is 0.192. The molecular formula is C17H18N4O4S. The molecule has 3 rings (SSSR count). The van der Waals surface area contributed by atoms with Crippen LogP contribution in [0.3, 0.4) is 0 Å². The van der Waals surface area contributed by atoms with Crippen LogP contribution < -0.4 is 5.32 Å². The summed E-state index contributed by atoms with van der Waals surface area (Å²) in [5.41, 5.74) is 1.48. The van der Waals surface area contributed by atoms with Gasteiger partial charge in [-0.25, -0.2) is 9.48 Å². The number of thioether (sulfide) groups is 1. The lowest BCUT2D eigenvalue weighted by Crippen LogP contribution is -2.34. The van der Waals surface area contributed by atoms with Crippen LogP contribution in [0.1, 0.15) is 17.4 Å². The second kappa shape index (κ2) is 8.05. The number of carbonyl (C=O) groups is 3. The van der Waals surface area contributed by atoms with Crippen molar-refractivity contribution < 1.29 is 19.1 Å². The molecule has 1 N–H and O–H groups in total. The molecule has 1 fully saturated rings. The van der Waals surface area contributed by atoms with Gasteiger partial charge in [0.25, 0.3) is 0 Å². The zero-order valence-corrected chi connectivity index (χ0v) is 15.0. The van der Waals surface area contributed by atoms with Gasteiger partial charge in [0.2, 0.25) is 11.8 Å². The molecule has 0 aliphatic carbocycles. The Morgan fingerprint density at radius 1 is 1.35 bits per heavy atom. The van der Waals surface area contributed by atoms with E-state index in [1.807, 2.05) is 0 Å². The lowest BCUT2D eigenvalue weighted by Gasteiger charge is -2.14. The normalized spacial score (nSPS) is 13.7.